The van der Waals surface area contributed by atoms with Crippen LogP contribution in [0.5, 0.6) is 5.75 Å². The Morgan fingerprint density at radius 1 is 1.16 bits per heavy atom. The summed E-state index contributed by atoms with van der Waals surface area (Å²) in [6.07, 6.45) is 0. The van der Waals surface area contributed by atoms with Gasteiger partial charge in [0.2, 0.25) is 23.0 Å². The Kier molecular flexibility index (Phi) is 10.3. The number of benzene rings is 1. The molecule has 1 fully saturated rings. The second kappa shape index (κ2) is 13.6. The molecular formula is C28H33ClN6O8S2. The van der Waals surface area contributed by atoms with Gasteiger partial charge in [0.15, 0.2) is 11.2 Å². The first kappa shape index (κ1) is 34.0. The van der Waals surface area contributed by atoms with Crippen molar-refractivity contribution < 1.29 is 38.2 Å². The Morgan fingerprint density at radius 3 is 2.42 bits per heavy atom. The normalized spacial score (nSPS) is 19.9. The molecule has 1 unspecified atom stereocenters. The number of amides is 2. The van der Waals surface area contributed by atoms with Gasteiger partial charge in [-0.05, 0) is 63.3 Å². The summed E-state index contributed by atoms with van der Waals surface area (Å²) in [5.41, 5.74) is 4.13. The van der Waals surface area contributed by atoms with Gasteiger partial charge in [-0.3, -0.25) is 9.59 Å². The zero-order valence-corrected chi connectivity index (χ0v) is 27.7. The number of fused-ring (bicyclic) bond motifs is 1. The van der Waals surface area contributed by atoms with Gasteiger partial charge in [0, 0.05) is 17.4 Å². The minimum atomic E-state index is -1.59. The first-order chi connectivity index (χ1) is 21.1. The van der Waals surface area contributed by atoms with Crippen LogP contribution in [0.25, 0.3) is 0 Å². The summed E-state index contributed by atoms with van der Waals surface area (Å²) in [4.78, 5) is 63.5. The standard InChI is InChI=1S/C28H33ClN6O8S2/c1-27(2,3)42-25(39)28(4,5)43-33-17(20-32-26(30)45-34-20)21(36)31-18-22(37)35-19(15(11-29)13-44-23(18)35)24(38)41-12-14-7-9-16(40-6)10-8-14/h7-10,13,18-19,23H,11-12H2,1-6H3,(H,31,36)(H2,30,32,34)/b33-17-/t18-,19?,23-/m1/s1. The maximum Gasteiger partial charge on any atom is 0.353 e. The van der Waals surface area contributed by atoms with E-state index in [4.69, 9.17) is 36.4 Å². The van der Waals surface area contributed by atoms with E-state index in [0.717, 1.165) is 17.1 Å². The molecule has 0 aliphatic carbocycles. The summed E-state index contributed by atoms with van der Waals surface area (Å²) in [5, 5.41) is 7.59. The topological polar surface area (TPSA) is 185 Å². The number of thioether (sulfide) groups is 1. The molecule has 1 aromatic carbocycles. The number of hydrogen-bond donors (Lipinski definition) is 2. The molecule has 3 N–H and O–H groups in total. The van der Waals surface area contributed by atoms with Crippen LogP contribution >= 0.6 is 34.9 Å². The molecule has 2 amide bonds. The van der Waals surface area contributed by atoms with Crippen LogP contribution < -0.4 is 15.8 Å². The number of nitrogens with two attached hydrogens (primary N) is 1. The highest BCUT2D eigenvalue weighted by Crippen LogP contribution is 2.40. The molecule has 0 spiro atoms. The third kappa shape index (κ3) is 7.86. The number of rotatable bonds is 11. The zero-order valence-electron chi connectivity index (χ0n) is 25.4. The molecule has 45 heavy (non-hydrogen) atoms. The number of anilines is 1. The molecule has 14 nitrogen and oxygen atoms in total. The predicted octanol–water partition coefficient (Wildman–Crippen LogP) is 2.60. The van der Waals surface area contributed by atoms with Crippen LogP contribution in [-0.4, -0.2) is 85.4 Å². The fourth-order valence-corrected chi connectivity index (χ4v) is 6.06. The monoisotopic (exact) mass is 680 g/mol. The third-order valence-electron chi connectivity index (χ3n) is 6.40. The Morgan fingerprint density at radius 2 is 1.84 bits per heavy atom. The van der Waals surface area contributed by atoms with Gasteiger partial charge in [-0.2, -0.15) is 9.36 Å². The average Bonchev–Trinajstić information content (AvgIpc) is 3.42. The van der Waals surface area contributed by atoms with Crippen LogP contribution in [0.1, 0.15) is 46.0 Å². The van der Waals surface area contributed by atoms with E-state index in [2.05, 4.69) is 19.8 Å². The predicted molar refractivity (Wildman–Crippen MR) is 167 cm³/mol. The molecule has 0 bridgehead atoms. The molecule has 4 rings (SSSR count). The maximum atomic E-state index is 13.5. The van der Waals surface area contributed by atoms with Crippen LogP contribution in [-0.2, 0) is 40.1 Å². The number of hydrogen-bond acceptors (Lipinski definition) is 14. The van der Waals surface area contributed by atoms with E-state index >= 15 is 0 Å². The minimum absolute atomic E-state index is 0.0126. The van der Waals surface area contributed by atoms with Gasteiger partial charge in [0.05, 0.1) is 7.11 Å². The summed E-state index contributed by atoms with van der Waals surface area (Å²) >= 11 is 8.15. The van der Waals surface area contributed by atoms with Gasteiger partial charge >= 0.3 is 11.9 Å². The summed E-state index contributed by atoms with van der Waals surface area (Å²) in [6.45, 7) is 7.91. The number of halogens is 1. The number of esters is 2. The van der Waals surface area contributed by atoms with Crippen molar-refractivity contribution >= 4 is 69.5 Å². The Bertz CT molecular complexity index is 1520. The number of alkyl halides is 1. The molecule has 242 valence electrons. The number of aromatic nitrogens is 2. The molecular weight excluding hydrogens is 648 g/mol. The summed E-state index contributed by atoms with van der Waals surface area (Å²) < 4.78 is 20.1. The highest BCUT2D eigenvalue weighted by atomic mass is 35.5. The van der Waals surface area contributed by atoms with Crippen molar-refractivity contribution in [1.82, 2.24) is 19.6 Å². The van der Waals surface area contributed by atoms with Gasteiger partial charge in [0.1, 0.15) is 29.4 Å². The number of carbonyl (C=O) groups excluding carboxylic acids is 4. The lowest BCUT2D eigenvalue weighted by molar-refractivity contribution is -0.179. The highest BCUT2D eigenvalue weighted by molar-refractivity contribution is 8.03. The lowest BCUT2D eigenvalue weighted by atomic mass is 9.98. The van der Waals surface area contributed by atoms with E-state index in [1.807, 2.05) is 0 Å². The van der Waals surface area contributed by atoms with Crippen molar-refractivity contribution in [3.8, 4) is 5.75 Å². The number of nitrogens with one attached hydrogen (secondary N) is 1. The van der Waals surface area contributed by atoms with Crippen LogP contribution in [0.3, 0.4) is 0 Å². The van der Waals surface area contributed by atoms with Crippen molar-refractivity contribution in [2.75, 3.05) is 18.7 Å². The fourth-order valence-electron chi connectivity index (χ4n) is 4.09. The second-order valence-electron chi connectivity index (χ2n) is 11.4. The first-order valence-electron chi connectivity index (χ1n) is 13.6. The van der Waals surface area contributed by atoms with Gasteiger partial charge in [-0.15, -0.1) is 23.4 Å². The maximum absolute atomic E-state index is 13.5. The average molecular weight is 681 g/mol. The summed E-state index contributed by atoms with van der Waals surface area (Å²) in [7, 11) is 1.55. The van der Waals surface area contributed by atoms with Crippen molar-refractivity contribution in [2.24, 2.45) is 5.16 Å². The summed E-state index contributed by atoms with van der Waals surface area (Å²) in [6, 6.07) is 4.87. The van der Waals surface area contributed by atoms with E-state index in [1.54, 1.807) is 57.6 Å². The number of carbonyl (C=O) groups is 4. The van der Waals surface area contributed by atoms with Crippen LogP contribution in [0.4, 0.5) is 5.13 Å². The molecule has 2 aromatic rings. The lowest BCUT2D eigenvalue weighted by Gasteiger charge is -2.51. The molecule has 3 atom stereocenters. The van der Waals surface area contributed by atoms with Crippen molar-refractivity contribution in [3.63, 3.8) is 0 Å². The lowest BCUT2D eigenvalue weighted by Crippen LogP contribution is -2.74. The highest BCUT2D eigenvalue weighted by Gasteiger charge is 2.56. The van der Waals surface area contributed by atoms with E-state index < -0.39 is 58.1 Å². The molecule has 3 heterocycles. The second-order valence-corrected chi connectivity index (χ2v) is 13.4. The van der Waals surface area contributed by atoms with Crippen molar-refractivity contribution in [3.05, 3.63) is 46.6 Å². The number of methoxy groups -OCH3 is 1. The first-order valence-corrected chi connectivity index (χ1v) is 15.8. The van der Waals surface area contributed by atoms with Crippen LogP contribution in [0.2, 0.25) is 0 Å². The Hall–Kier alpha value is -3.89. The number of ether oxygens (including phenoxy) is 3. The van der Waals surface area contributed by atoms with E-state index in [-0.39, 0.29) is 23.4 Å². The van der Waals surface area contributed by atoms with Crippen LogP contribution in [0, 0.1) is 0 Å². The number of nitrogen functional groups attached to an aromatic ring is 1. The van der Waals surface area contributed by atoms with Gasteiger partial charge in [0.25, 0.3) is 5.91 Å². The number of β-lactam (4-membered cyclic amide) rings is 1. The Balaban J connectivity index is 1.49. The summed E-state index contributed by atoms with van der Waals surface area (Å²) in [5.74, 6) is -2.31. The van der Waals surface area contributed by atoms with Crippen LogP contribution in [0.15, 0.2) is 40.4 Å². The largest absolute Gasteiger partial charge is 0.497 e. The van der Waals surface area contributed by atoms with Gasteiger partial charge in [-0.1, -0.05) is 17.3 Å². The van der Waals surface area contributed by atoms with Crippen molar-refractivity contribution in [1.29, 1.82) is 0 Å². The van der Waals surface area contributed by atoms with Gasteiger partial charge in [-0.25, -0.2) is 9.59 Å². The Labute approximate surface area is 272 Å². The molecule has 0 saturated carbocycles. The van der Waals surface area contributed by atoms with E-state index in [0.29, 0.717) is 11.3 Å². The van der Waals surface area contributed by atoms with E-state index in [9.17, 15) is 19.2 Å². The molecule has 1 saturated heterocycles. The fraction of sp³-hybridized carbons (Fsp3) is 0.464. The molecule has 2 aliphatic heterocycles. The van der Waals surface area contributed by atoms with Crippen molar-refractivity contribution in [2.45, 2.75) is 69.9 Å². The number of oxime groups is 1. The van der Waals surface area contributed by atoms with Gasteiger partial charge < -0.3 is 35.0 Å². The zero-order chi connectivity index (χ0) is 33.1. The van der Waals surface area contributed by atoms with E-state index in [1.165, 1.54) is 30.5 Å². The third-order valence-corrected chi connectivity index (χ3v) is 8.46. The quantitative estimate of drug-likeness (QED) is 0.116. The smallest absolute Gasteiger partial charge is 0.353 e. The molecule has 17 heteroatoms. The molecule has 2 aliphatic rings. The SMILES string of the molecule is COc1ccc(COC(=O)C2C(CCl)=CS[C@@H]3[C@H](NC(=O)/C(=N\OC(C)(C)C(=O)OC(C)(C)C)c4nsc(N)n4)C(=O)N23)cc1. The minimum Gasteiger partial charge on any atom is -0.497 e. The molecule has 1 aromatic heterocycles. The number of nitrogens with zero attached hydrogens (tertiary/aromatic N) is 4. The molecule has 0 radical (unpaired) electrons.